The van der Waals surface area contributed by atoms with E-state index in [1.165, 1.54) is 0 Å². The molecule has 0 aliphatic heterocycles. The van der Waals surface area contributed by atoms with E-state index in [4.69, 9.17) is 20.3 Å². The zero-order valence-corrected chi connectivity index (χ0v) is 32.7. The number of halogens is 10. The lowest BCUT2D eigenvalue weighted by atomic mass is 10.1. The van der Waals surface area contributed by atoms with E-state index in [1.807, 2.05) is 9.44 Å². The zero-order valence-electron chi connectivity index (χ0n) is 29.4. The molecule has 6 aromatic rings. The van der Waals surface area contributed by atoms with Gasteiger partial charge in [0, 0.05) is 52.9 Å². The summed E-state index contributed by atoms with van der Waals surface area (Å²) in [5, 5.41) is 8.53. The number of primary amides is 1. The molecule has 0 bridgehead atoms. The Hall–Kier alpha value is -6.66. The number of carbonyl (C=O) groups is 2. The van der Waals surface area contributed by atoms with E-state index in [9.17, 15) is 70.3 Å². The number of ether oxygens (including phenoxy) is 2. The number of hydrogen-bond acceptors (Lipinski definition) is 14. The third kappa shape index (κ3) is 12.3. The number of hydrogen-bond donors (Lipinski definition) is 4. The second kappa shape index (κ2) is 18.8. The lowest BCUT2D eigenvalue weighted by molar-refractivity contribution is -0.138. The first-order valence-corrected chi connectivity index (χ1v) is 20.2. The van der Waals surface area contributed by atoms with E-state index in [-0.39, 0.29) is 29.8 Å². The summed E-state index contributed by atoms with van der Waals surface area (Å²) in [6, 6.07) is 4.21. The lowest BCUT2D eigenvalue weighted by Crippen LogP contribution is -2.15. The van der Waals surface area contributed by atoms with Gasteiger partial charge in [-0.3, -0.25) is 14.2 Å². The summed E-state index contributed by atoms with van der Waals surface area (Å²) in [4.78, 5) is 27.2. The van der Waals surface area contributed by atoms with Crippen LogP contribution in [-0.2, 0) is 32.4 Å². The molecule has 16 nitrogen and oxygen atoms in total. The molecule has 6 rings (SSSR count). The van der Waals surface area contributed by atoms with Crippen LogP contribution in [0.1, 0.15) is 39.3 Å². The Bertz CT molecular complexity index is 2690. The van der Waals surface area contributed by atoms with Crippen molar-refractivity contribution in [3.63, 3.8) is 0 Å². The van der Waals surface area contributed by atoms with Crippen molar-refractivity contribution in [2.45, 2.75) is 29.6 Å². The highest BCUT2D eigenvalue weighted by molar-refractivity contribution is 7.93. The van der Waals surface area contributed by atoms with Crippen LogP contribution in [0.5, 0.6) is 23.0 Å². The summed E-state index contributed by atoms with van der Waals surface area (Å²) in [7, 11) is -9.20. The minimum atomic E-state index is -4.94. The third-order valence-electron chi connectivity index (χ3n) is 7.17. The van der Waals surface area contributed by atoms with Gasteiger partial charge in [0.15, 0.2) is 23.1 Å². The fourth-order valence-corrected chi connectivity index (χ4v) is 7.99. The summed E-state index contributed by atoms with van der Waals surface area (Å²) in [5.41, 5.74) is 0.863. The van der Waals surface area contributed by atoms with Crippen molar-refractivity contribution in [1.29, 1.82) is 0 Å². The normalized spacial score (nSPS) is 11.7. The van der Waals surface area contributed by atoms with Gasteiger partial charge in [0.2, 0.25) is 16.2 Å². The van der Waals surface area contributed by atoms with E-state index in [1.54, 1.807) is 0 Å². The summed E-state index contributed by atoms with van der Waals surface area (Å²) in [5.74, 6) is -12.1. The average molecular weight is 978 g/mol. The average Bonchev–Trinajstić information content (AvgIpc) is 3.88. The molecule has 4 aromatic carbocycles. The Morgan fingerprint density at radius 3 is 1.32 bits per heavy atom. The molecular weight excluding hydrogens is 957 g/mol. The molecule has 0 radical (unpaired) electrons. The van der Waals surface area contributed by atoms with Gasteiger partial charge in [-0.25, -0.2) is 49.2 Å². The number of nitrogens with one attached hydrogen (secondary N) is 2. The zero-order chi connectivity index (χ0) is 45.9. The highest BCUT2D eigenvalue weighted by Crippen LogP contribution is 2.37. The van der Waals surface area contributed by atoms with Gasteiger partial charge in [-0.2, -0.15) is 35.1 Å². The summed E-state index contributed by atoms with van der Waals surface area (Å²) in [6.45, 7) is 0. The van der Waals surface area contributed by atoms with Crippen molar-refractivity contribution in [2.75, 3.05) is 9.44 Å². The minimum absolute atomic E-state index is 0. The van der Waals surface area contributed by atoms with Gasteiger partial charge in [-0.05, 0) is 36.4 Å². The van der Waals surface area contributed by atoms with Crippen molar-refractivity contribution in [2.24, 2.45) is 5.73 Å². The molecule has 336 valence electrons. The number of aromatic carboxylic acids is 1. The Labute approximate surface area is 354 Å². The maximum atomic E-state index is 14.4. The van der Waals surface area contributed by atoms with Crippen LogP contribution in [0, 0.1) is 23.3 Å². The number of nitrogens with two attached hydrogens (primary N) is 1. The molecule has 0 atom stereocenters. The van der Waals surface area contributed by atoms with E-state index >= 15 is 0 Å². The van der Waals surface area contributed by atoms with Crippen molar-refractivity contribution >= 4 is 65.3 Å². The number of alkyl halides is 6. The number of carboxylic acid groups (broad SMARTS) is 1. The molecule has 0 aliphatic rings. The standard InChI is InChI=1S/C16H9F5N4O4S2.C16H8F5N3O5S2.CH4/c17-10-5-13(31(27,28)25-15-23-6-24-30-15)11(18)4-12(10)29-9-2-7(14(22)26)1-8(3-9)16(19,20)21;17-10-5-13(31(27,28)24-15-22-6-23-30-15)11(18)4-12(10)29-9-2-7(14(25)26)1-8(3-9)16(19,20)21;/h1-6H,(H2,22,26)(H,23,24,25);1-6H,(H,25,26)(H,22,23,24);1H4. The minimum Gasteiger partial charge on any atom is -0.478 e. The second-order valence-corrected chi connectivity index (χ2v) is 16.4. The Balaban J connectivity index is 0.000000272. The number of anilines is 2. The van der Waals surface area contributed by atoms with Crippen molar-refractivity contribution in [3.8, 4) is 23.0 Å². The number of carbonyl (C=O) groups excluding carboxylic acids is 1. The van der Waals surface area contributed by atoms with Crippen LogP contribution in [0.4, 0.5) is 54.2 Å². The Morgan fingerprint density at radius 2 is 0.984 bits per heavy atom. The van der Waals surface area contributed by atoms with E-state index in [0.29, 0.717) is 65.5 Å². The maximum Gasteiger partial charge on any atom is 0.416 e. The van der Waals surface area contributed by atoms with Gasteiger partial charge in [0.1, 0.15) is 45.6 Å². The highest BCUT2D eigenvalue weighted by atomic mass is 32.2. The second-order valence-electron chi connectivity index (χ2n) is 11.5. The van der Waals surface area contributed by atoms with E-state index in [2.05, 4.69) is 18.7 Å². The van der Waals surface area contributed by atoms with Gasteiger partial charge < -0.3 is 20.3 Å². The van der Waals surface area contributed by atoms with E-state index < -0.39 is 123 Å². The molecule has 0 saturated heterocycles. The fourth-order valence-electron chi connectivity index (χ4n) is 4.53. The van der Waals surface area contributed by atoms with Gasteiger partial charge in [0.25, 0.3) is 20.0 Å². The molecule has 0 unspecified atom stereocenters. The molecule has 63 heavy (non-hydrogen) atoms. The number of nitrogens with zero attached hydrogens (tertiary/aromatic N) is 4. The van der Waals surface area contributed by atoms with Crippen LogP contribution in [-0.4, -0.2) is 52.5 Å². The van der Waals surface area contributed by atoms with Crippen LogP contribution in [0.3, 0.4) is 0 Å². The topological polar surface area (TPSA) is 243 Å². The third-order valence-corrected chi connectivity index (χ3v) is 11.3. The highest BCUT2D eigenvalue weighted by Gasteiger charge is 2.34. The summed E-state index contributed by atoms with van der Waals surface area (Å²) >= 11 is 1.28. The van der Waals surface area contributed by atoms with Crippen LogP contribution < -0.4 is 24.7 Å². The predicted octanol–water partition coefficient (Wildman–Crippen LogP) is 8.29. The predicted molar refractivity (Wildman–Crippen MR) is 199 cm³/mol. The molecule has 2 aromatic heterocycles. The van der Waals surface area contributed by atoms with Crippen LogP contribution in [0.2, 0.25) is 0 Å². The number of aromatic nitrogens is 4. The Kier molecular flexibility index (Phi) is 14.6. The molecule has 5 N–H and O–H groups in total. The SMILES string of the molecule is C.NC(=O)c1cc(Oc2cc(F)c(S(=O)(=O)Nc3ncns3)cc2F)cc(C(F)(F)F)c1.O=C(O)c1cc(Oc2cc(F)c(S(=O)(=O)Nc3ncns3)cc2F)cc(C(F)(F)F)c1. The molecule has 0 aliphatic carbocycles. The first kappa shape index (κ1) is 49.0. The summed E-state index contributed by atoms with van der Waals surface area (Å²) in [6.07, 6.45) is -7.77. The number of carboxylic acids is 1. The monoisotopic (exact) mass is 977 g/mol. The Morgan fingerprint density at radius 1 is 0.603 bits per heavy atom. The van der Waals surface area contributed by atoms with E-state index in [0.717, 1.165) is 18.7 Å². The van der Waals surface area contributed by atoms with Gasteiger partial charge in [0.05, 0.1) is 16.7 Å². The molecular formula is C33H21F10N7O9S4. The smallest absolute Gasteiger partial charge is 0.416 e. The van der Waals surface area contributed by atoms with Crippen molar-refractivity contribution in [3.05, 3.63) is 119 Å². The molecule has 1 amide bonds. The lowest BCUT2D eigenvalue weighted by Gasteiger charge is -2.13. The van der Waals surface area contributed by atoms with Crippen LogP contribution in [0.15, 0.2) is 83.1 Å². The van der Waals surface area contributed by atoms with Crippen LogP contribution in [0.25, 0.3) is 0 Å². The molecule has 30 heteroatoms. The first-order valence-electron chi connectivity index (χ1n) is 15.6. The number of rotatable bonds is 12. The van der Waals surface area contributed by atoms with Crippen LogP contribution >= 0.6 is 23.1 Å². The maximum absolute atomic E-state index is 14.4. The number of benzene rings is 4. The van der Waals surface area contributed by atoms with Crippen molar-refractivity contribution in [1.82, 2.24) is 18.7 Å². The van der Waals surface area contributed by atoms with Gasteiger partial charge in [-0.1, -0.05) is 7.43 Å². The van der Waals surface area contributed by atoms with Gasteiger partial charge >= 0.3 is 18.3 Å². The molecule has 0 saturated carbocycles. The largest absolute Gasteiger partial charge is 0.478 e. The fraction of sp³-hybridized carbons (Fsp3) is 0.0909. The first-order chi connectivity index (χ1) is 28.7. The molecule has 0 spiro atoms. The summed E-state index contributed by atoms with van der Waals surface area (Å²) < 4.78 is 205. The quantitative estimate of drug-likeness (QED) is 0.0845. The number of amides is 1. The molecule has 2 heterocycles. The van der Waals surface area contributed by atoms with Gasteiger partial charge in [-0.15, -0.1) is 0 Å². The van der Waals surface area contributed by atoms with Crippen molar-refractivity contribution < 1.29 is 84.9 Å². The number of sulfonamides is 2. The molecule has 0 fully saturated rings.